The fraction of sp³-hybridized carbons (Fsp3) is 0.833. The van der Waals surface area contributed by atoms with Crippen LogP contribution < -0.4 is 0 Å². The Balaban J connectivity index is 2.11. The maximum absolute atomic E-state index is 11.6. The van der Waals surface area contributed by atoms with Gasteiger partial charge < -0.3 is 0 Å². The topological polar surface area (TPSA) is 3.24 Å². The molecule has 1 aliphatic heterocycles. The SMILES string of the molecule is FC(F)CN1C[CH]CC1. The molecule has 0 N–H and O–H groups in total. The second-order valence-corrected chi connectivity index (χ2v) is 2.23. The van der Waals surface area contributed by atoms with E-state index in [1.807, 2.05) is 6.42 Å². The van der Waals surface area contributed by atoms with Gasteiger partial charge in [0.25, 0.3) is 6.43 Å². The normalized spacial score (nSPS) is 21.7. The summed E-state index contributed by atoms with van der Waals surface area (Å²) >= 11 is 0. The number of hydrogen-bond donors (Lipinski definition) is 0. The van der Waals surface area contributed by atoms with E-state index in [-0.39, 0.29) is 6.54 Å². The fourth-order valence-electron chi connectivity index (χ4n) is 1.00. The van der Waals surface area contributed by atoms with Crippen molar-refractivity contribution >= 4 is 0 Å². The van der Waals surface area contributed by atoms with E-state index in [9.17, 15) is 8.78 Å². The van der Waals surface area contributed by atoms with E-state index in [1.54, 1.807) is 4.90 Å². The summed E-state index contributed by atoms with van der Waals surface area (Å²) in [6, 6.07) is 0. The second kappa shape index (κ2) is 3.11. The summed E-state index contributed by atoms with van der Waals surface area (Å²) in [5.74, 6) is 0. The minimum atomic E-state index is -2.17. The van der Waals surface area contributed by atoms with Gasteiger partial charge in [-0.05, 0) is 19.4 Å². The summed E-state index contributed by atoms with van der Waals surface area (Å²) in [5.41, 5.74) is 0. The molecule has 0 bridgehead atoms. The lowest BCUT2D eigenvalue weighted by atomic mass is 10.4. The van der Waals surface area contributed by atoms with E-state index in [0.717, 1.165) is 19.5 Å². The average molecular weight is 134 g/mol. The zero-order valence-electron chi connectivity index (χ0n) is 5.19. The number of alkyl halides is 2. The second-order valence-electron chi connectivity index (χ2n) is 2.23. The molecule has 1 rings (SSSR count). The minimum absolute atomic E-state index is 0.0590. The molecule has 9 heavy (non-hydrogen) atoms. The van der Waals surface area contributed by atoms with E-state index in [0.29, 0.717) is 0 Å². The van der Waals surface area contributed by atoms with Crippen molar-refractivity contribution in [2.45, 2.75) is 12.8 Å². The van der Waals surface area contributed by atoms with E-state index in [2.05, 4.69) is 0 Å². The largest absolute Gasteiger partial charge is 0.297 e. The van der Waals surface area contributed by atoms with Gasteiger partial charge in [-0.25, -0.2) is 8.78 Å². The Morgan fingerprint density at radius 3 is 2.78 bits per heavy atom. The first kappa shape index (κ1) is 6.93. The maximum atomic E-state index is 11.6. The van der Waals surface area contributed by atoms with Gasteiger partial charge in [0, 0.05) is 6.54 Å². The highest BCUT2D eigenvalue weighted by Gasteiger charge is 2.15. The Kier molecular flexibility index (Phi) is 2.39. The highest BCUT2D eigenvalue weighted by molar-refractivity contribution is 4.80. The van der Waals surface area contributed by atoms with E-state index in [4.69, 9.17) is 0 Å². The van der Waals surface area contributed by atoms with Crippen LogP contribution in [0.25, 0.3) is 0 Å². The number of rotatable bonds is 2. The van der Waals surface area contributed by atoms with Crippen molar-refractivity contribution in [1.82, 2.24) is 4.90 Å². The molecule has 3 heteroatoms. The third-order valence-electron chi connectivity index (χ3n) is 1.43. The maximum Gasteiger partial charge on any atom is 0.251 e. The molecule has 0 spiro atoms. The van der Waals surface area contributed by atoms with Crippen molar-refractivity contribution in [2.24, 2.45) is 0 Å². The molecule has 0 unspecified atom stereocenters. The average Bonchev–Trinajstić information content (AvgIpc) is 2.15. The lowest BCUT2D eigenvalue weighted by Gasteiger charge is -2.12. The van der Waals surface area contributed by atoms with Crippen LogP contribution in [0.1, 0.15) is 6.42 Å². The molecule has 1 radical (unpaired) electrons. The summed E-state index contributed by atoms with van der Waals surface area (Å²) < 4.78 is 23.3. The van der Waals surface area contributed by atoms with Gasteiger partial charge in [-0.15, -0.1) is 0 Å². The van der Waals surface area contributed by atoms with Crippen LogP contribution in [0.4, 0.5) is 8.78 Å². The van der Waals surface area contributed by atoms with Gasteiger partial charge in [-0.2, -0.15) is 0 Å². The van der Waals surface area contributed by atoms with Crippen LogP contribution in [0.2, 0.25) is 0 Å². The standard InChI is InChI=1S/C6H10F2N/c7-6(8)5-9-3-1-2-4-9/h1,6H,2-5H2. The van der Waals surface area contributed by atoms with Gasteiger partial charge in [0.05, 0.1) is 6.54 Å². The van der Waals surface area contributed by atoms with Crippen LogP contribution in [0.5, 0.6) is 0 Å². The smallest absolute Gasteiger partial charge is 0.251 e. The lowest BCUT2D eigenvalue weighted by molar-refractivity contribution is 0.101. The van der Waals surface area contributed by atoms with Crippen LogP contribution in [-0.4, -0.2) is 31.0 Å². The molecular formula is C6H10F2N. The first-order chi connectivity index (χ1) is 4.29. The molecule has 0 aromatic heterocycles. The van der Waals surface area contributed by atoms with Crippen molar-refractivity contribution in [2.75, 3.05) is 19.6 Å². The minimum Gasteiger partial charge on any atom is -0.297 e. The molecule has 1 aliphatic rings. The lowest BCUT2D eigenvalue weighted by Crippen LogP contribution is -2.25. The molecular weight excluding hydrogens is 124 g/mol. The van der Waals surface area contributed by atoms with E-state index >= 15 is 0 Å². The zero-order chi connectivity index (χ0) is 6.69. The van der Waals surface area contributed by atoms with Crippen molar-refractivity contribution in [3.05, 3.63) is 6.42 Å². The van der Waals surface area contributed by atoms with Gasteiger partial charge >= 0.3 is 0 Å². The summed E-state index contributed by atoms with van der Waals surface area (Å²) in [6.07, 6.45) is 0.825. The molecule has 1 nitrogen and oxygen atoms in total. The zero-order valence-corrected chi connectivity index (χ0v) is 5.19. The molecule has 0 aliphatic carbocycles. The Morgan fingerprint density at radius 1 is 1.56 bits per heavy atom. The van der Waals surface area contributed by atoms with Gasteiger partial charge in [-0.3, -0.25) is 4.90 Å². The van der Waals surface area contributed by atoms with Crippen molar-refractivity contribution in [1.29, 1.82) is 0 Å². The third kappa shape index (κ3) is 2.26. The van der Waals surface area contributed by atoms with Crippen LogP contribution in [0.3, 0.4) is 0 Å². The molecule has 0 saturated carbocycles. The first-order valence-corrected chi connectivity index (χ1v) is 3.11. The highest BCUT2D eigenvalue weighted by Crippen LogP contribution is 2.07. The third-order valence-corrected chi connectivity index (χ3v) is 1.43. The van der Waals surface area contributed by atoms with Gasteiger partial charge in [0.2, 0.25) is 0 Å². The molecule has 0 aromatic rings. The first-order valence-electron chi connectivity index (χ1n) is 3.11. The Labute approximate surface area is 53.6 Å². The molecule has 0 amide bonds. The summed E-state index contributed by atoms with van der Waals surface area (Å²) in [4.78, 5) is 1.75. The summed E-state index contributed by atoms with van der Waals surface area (Å²) in [7, 11) is 0. The predicted molar refractivity (Wildman–Crippen MR) is 31.4 cm³/mol. The van der Waals surface area contributed by atoms with Gasteiger partial charge in [0.1, 0.15) is 0 Å². The summed E-state index contributed by atoms with van der Waals surface area (Å²) in [6.45, 7) is 1.49. The van der Waals surface area contributed by atoms with Crippen LogP contribution in [0, 0.1) is 6.42 Å². The molecule has 1 saturated heterocycles. The molecule has 0 atom stereocenters. The van der Waals surface area contributed by atoms with Crippen molar-refractivity contribution < 1.29 is 8.78 Å². The Morgan fingerprint density at radius 2 is 2.33 bits per heavy atom. The molecule has 1 heterocycles. The monoisotopic (exact) mass is 134 g/mol. The Hall–Kier alpha value is -0.180. The summed E-state index contributed by atoms with van der Waals surface area (Å²) in [5, 5.41) is 0. The molecule has 0 aromatic carbocycles. The van der Waals surface area contributed by atoms with Crippen LogP contribution in [-0.2, 0) is 0 Å². The van der Waals surface area contributed by atoms with Crippen LogP contribution in [0.15, 0.2) is 0 Å². The van der Waals surface area contributed by atoms with Crippen LogP contribution >= 0.6 is 0 Å². The number of likely N-dealkylation sites (tertiary alicyclic amines) is 1. The van der Waals surface area contributed by atoms with Gasteiger partial charge in [0.15, 0.2) is 0 Å². The highest BCUT2D eigenvalue weighted by atomic mass is 19.3. The fourth-order valence-corrected chi connectivity index (χ4v) is 1.00. The Bertz CT molecular complexity index is 79.1. The number of nitrogens with zero attached hydrogens (tertiary/aromatic N) is 1. The van der Waals surface area contributed by atoms with E-state index in [1.165, 1.54) is 0 Å². The van der Waals surface area contributed by atoms with E-state index < -0.39 is 6.43 Å². The van der Waals surface area contributed by atoms with Crippen molar-refractivity contribution in [3.8, 4) is 0 Å². The number of hydrogen-bond acceptors (Lipinski definition) is 1. The predicted octanol–water partition coefficient (Wildman–Crippen LogP) is 1.16. The molecule has 1 fully saturated rings. The quantitative estimate of drug-likeness (QED) is 0.547. The van der Waals surface area contributed by atoms with Crippen molar-refractivity contribution in [3.63, 3.8) is 0 Å². The molecule has 53 valence electrons. The van der Waals surface area contributed by atoms with Gasteiger partial charge in [-0.1, -0.05) is 0 Å². The number of halogens is 2.